The van der Waals surface area contributed by atoms with Crippen LogP contribution in [0.25, 0.3) is 0 Å². The number of hydrogen-bond acceptors (Lipinski definition) is 8. The average Bonchev–Trinajstić information content (AvgIpc) is 3.56. The number of sulfonamides is 1. The molecule has 1 fully saturated rings. The molecule has 1 aromatic heterocycles. The molecule has 0 saturated heterocycles. The molecule has 2 aliphatic rings. The zero-order valence-corrected chi connectivity index (χ0v) is 21.3. The molecule has 1 aromatic carbocycles. The molecule has 0 amide bonds. The summed E-state index contributed by atoms with van der Waals surface area (Å²) < 4.78 is 45.7. The summed E-state index contributed by atoms with van der Waals surface area (Å²) in [6, 6.07) is 7.00. The van der Waals surface area contributed by atoms with E-state index in [1.807, 2.05) is 6.07 Å². The molecule has 0 bridgehead atoms. The van der Waals surface area contributed by atoms with Crippen LogP contribution in [-0.2, 0) is 31.3 Å². The van der Waals surface area contributed by atoms with Crippen LogP contribution >= 0.6 is 0 Å². The van der Waals surface area contributed by atoms with Gasteiger partial charge in [-0.1, -0.05) is 12.1 Å². The van der Waals surface area contributed by atoms with Gasteiger partial charge in [-0.25, -0.2) is 4.98 Å². The average molecular weight is 520 g/mol. The number of anilines is 1. The number of hydrogen-bond donors (Lipinski definition) is 3. The molecule has 10 nitrogen and oxygen atoms in total. The quantitative estimate of drug-likeness (QED) is 0.344. The van der Waals surface area contributed by atoms with E-state index in [-0.39, 0.29) is 22.6 Å². The lowest BCUT2D eigenvalue weighted by molar-refractivity contribution is -0.0512. The van der Waals surface area contributed by atoms with Crippen molar-refractivity contribution in [3.63, 3.8) is 0 Å². The van der Waals surface area contributed by atoms with Gasteiger partial charge in [-0.05, 0) is 42.9 Å². The monoisotopic (exact) mass is 519 g/mol. The van der Waals surface area contributed by atoms with Crippen LogP contribution in [0.15, 0.2) is 65.0 Å². The van der Waals surface area contributed by atoms with E-state index in [4.69, 9.17) is 14.2 Å². The van der Waals surface area contributed by atoms with E-state index in [2.05, 4.69) is 9.71 Å². The maximum Gasteiger partial charge on any atom is 0.280 e. The predicted molar refractivity (Wildman–Crippen MR) is 133 cm³/mol. The molecule has 36 heavy (non-hydrogen) atoms. The normalized spacial score (nSPS) is 19.1. The number of imidazole rings is 1. The zero-order chi connectivity index (χ0) is 25.7. The van der Waals surface area contributed by atoms with Crippen molar-refractivity contribution in [2.75, 3.05) is 31.7 Å². The topological polar surface area (TPSA) is 132 Å². The summed E-state index contributed by atoms with van der Waals surface area (Å²) in [5.74, 6) is 0.382. The maximum absolute atomic E-state index is 12.7. The number of allylic oxidation sites excluding steroid dienone is 2. The molecule has 1 saturated carbocycles. The van der Waals surface area contributed by atoms with Crippen molar-refractivity contribution in [2.24, 2.45) is 13.0 Å². The molecule has 11 heteroatoms. The Morgan fingerprint density at radius 1 is 1.28 bits per heavy atom. The highest BCUT2D eigenvalue weighted by Crippen LogP contribution is 2.49. The van der Waals surface area contributed by atoms with E-state index in [0.717, 1.165) is 18.4 Å². The van der Waals surface area contributed by atoms with E-state index in [1.165, 1.54) is 12.5 Å². The van der Waals surface area contributed by atoms with Crippen molar-refractivity contribution in [3.8, 4) is 0 Å². The van der Waals surface area contributed by atoms with E-state index in [0.29, 0.717) is 49.7 Å². The highest BCUT2D eigenvalue weighted by molar-refractivity contribution is 7.92. The second-order valence-electron chi connectivity index (χ2n) is 9.05. The third-order valence-corrected chi connectivity index (χ3v) is 7.42. The first kappa shape index (κ1) is 26.2. The van der Waals surface area contributed by atoms with Gasteiger partial charge in [-0.2, -0.15) is 8.42 Å². The molecular formula is C25H33N3O7S. The molecule has 4 rings (SSSR count). The van der Waals surface area contributed by atoms with Gasteiger partial charge in [-0.3, -0.25) is 4.72 Å². The van der Waals surface area contributed by atoms with Crippen LogP contribution in [0.5, 0.6) is 0 Å². The lowest BCUT2D eigenvalue weighted by Crippen LogP contribution is -2.26. The summed E-state index contributed by atoms with van der Waals surface area (Å²) >= 11 is 0. The summed E-state index contributed by atoms with van der Waals surface area (Å²) in [5.41, 5.74) is 1.55. The summed E-state index contributed by atoms with van der Waals surface area (Å²) in [7, 11) is -0.543. The van der Waals surface area contributed by atoms with Gasteiger partial charge in [0.1, 0.15) is 11.5 Å². The maximum atomic E-state index is 12.7. The Balaban J connectivity index is 1.51. The van der Waals surface area contributed by atoms with E-state index < -0.39 is 16.3 Å². The number of aromatic nitrogens is 2. The van der Waals surface area contributed by atoms with Crippen LogP contribution in [0.3, 0.4) is 0 Å². The molecule has 0 spiro atoms. The summed E-state index contributed by atoms with van der Waals surface area (Å²) in [4.78, 5) is 3.92. The van der Waals surface area contributed by atoms with Crippen LogP contribution in [-0.4, -0.2) is 61.4 Å². The fraction of sp³-hybridized carbons (Fsp3) is 0.480. The van der Waals surface area contributed by atoms with Crippen molar-refractivity contribution in [2.45, 2.75) is 42.9 Å². The number of rotatable bonds is 13. The standard InChI is InChI=1S/C25H33N3O7S/c1-28-15-22(26-16-28)36(31,32)27-19-6-3-5-18(13-19)23(17-8-9-17)24-21(29)14-20(35-25(24)30)7-4-10-34-12-11-33-2/h3,5-6,13-17,23,25,27,29-30H,4,7-12H2,1-2H3. The van der Waals surface area contributed by atoms with Gasteiger partial charge >= 0.3 is 0 Å². The number of aryl methyl sites for hydroxylation is 1. The van der Waals surface area contributed by atoms with Crippen molar-refractivity contribution >= 4 is 15.7 Å². The van der Waals surface area contributed by atoms with Crippen LogP contribution < -0.4 is 4.72 Å². The number of nitrogens with zero attached hydrogens (tertiary/aromatic N) is 2. The van der Waals surface area contributed by atoms with Crippen LogP contribution in [0.1, 0.15) is 37.2 Å². The Bertz CT molecular complexity index is 1220. The zero-order valence-electron chi connectivity index (χ0n) is 20.5. The Morgan fingerprint density at radius 3 is 2.75 bits per heavy atom. The van der Waals surface area contributed by atoms with Crippen LogP contribution in [0.4, 0.5) is 5.69 Å². The Kier molecular flexibility index (Phi) is 8.35. The minimum Gasteiger partial charge on any atom is -0.508 e. The Labute approximate surface area is 211 Å². The third-order valence-electron chi connectivity index (χ3n) is 6.15. The molecule has 1 aliphatic heterocycles. The molecule has 2 unspecified atom stereocenters. The molecule has 0 radical (unpaired) electrons. The molecule has 2 aromatic rings. The van der Waals surface area contributed by atoms with Crippen molar-refractivity contribution in [3.05, 3.63) is 65.5 Å². The predicted octanol–water partition coefficient (Wildman–Crippen LogP) is 3.20. The number of aliphatic hydroxyl groups is 2. The Morgan fingerprint density at radius 2 is 2.08 bits per heavy atom. The number of aliphatic hydroxyl groups excluding tert-OH is 2. The van der Waals surface area contributed by atoms with Gasteiger partial charge in [0.15, 0.2) is 5.03 Å². The first-order chi connectivity index (χ1) is 17.3. The molecule has 1 aliphatic carbocycles. The summed E-state index contributed by atoms with van der Waals surface area (Å²) in [5, 5.41) is 21.7. The summed E-state index contributed by atoms with van der Waals surface area (Å²) in [6.45, 7) is 1.55. The second kappa shape index (κ2) is 11.5. The van der Waals surface area contributed by atoms with Crippen LogP contribution in [0, 0.1) is 5.92 Å². The lowest BCUT2D eigenvalue weighted by atomic mass is 9.84. The van der Waals surface area contributed by atoms with Crippen molar-refractivity contribution in [1.29, 1.82) is 0 Å². The van der Waals surface area contributed by atoms with E-state index in [9.17, 15) is 18.6 Å². The van der Waals surface area contributed by atoms with Gasteiger partial charge in [0.25, 0.3) is 10.0 Å². The summed E-state index contributed by atoms with van der Waals surface area (Å²) in [6.07, 6.45) is 6.17. The number of ether oxygens (including phenoxy) is 3. The van der Waals surface area contributed by atoms with Gasteiger partial charge in [0.2, 0.25) is 6.29 Å². The fourth-order valence-corrected chi connectivity index (χ4v) is 5.34. The van der Waals surface area contributed by atoms with Crippen LogP contribution in [0.2, 0.25) is 0 Å². The van der Waals surface area contributed by atoms with Gasteiger partial charge in [-0.15, -0.1) is 0 Å². The van der Waals surface area contributed by atoms with Gasteiger partial charge in [0.05, 0.1) is 19.5 Å². The van der Waals surface area contributed by atoms with Gasteiger partial charge < -0.3 is 29.0 Å². The minimum atomic E-state index is -3.85. The molecule has 2 heterocycles. The molecule has 3 N–H and O–H groups in total. The van der Waals surface area contributed by atoms with Crippen molar-refractivity contribution < 1.29 is 32.8 Å². The minimum absolute atomic E-state index is 0.0135. The first-order valence-corrected chi connectivity index (χ1v) is 13.4. The SMILES string of the molecule is COCCOCCCC1=CC(O)=C(C(c2cccc(NS(=O)(=O)c3cn(C)cn3)c2)C2CC2)C(O)O1. The molecule has 196 valence electrons. The second-order valence-corrected chi connectivity index (χ2v) is 10.7. The number of nitrogens with one attached hydrogen (secondary N) is 1. The highest BCUT2D eigenvalue weighted by atomic mass is 32.2. The third kappa shape index (κ3) is 6.47. The van der Waals surface area contributed by atoms with E-state index in [1.54, 1.807) is 43.0 Å². The highest BCUT2D eigenvalue weighted by Gasteiger charge is 2.40. The lowest BCUT2D eigenvalue weighted by Gasteiger charge is -2.30. The number of benzene rings is 1. The smallest absolute Gasteiger partial charge is 0.280 e. The fourth-order valence-electron chi connectivity index (χ4n) is 4.31. The Hall–Kier alpha value is -2.86. The van der Waals surface area contributed by atoms with E-state index >= 15 is 0 Å². The molecule has 2 atom stereocenters. The van der Waals surface area contributed by atoms with Crippen molar-refractivity contribution in [1.82, 2.24) is 9.55 Å². The number of methoxy groups -OCH3 is 1. The first-order valence-electron chi connectivity index (χ1n) is 11.9. The largest absolute Gasteiger partial charge is 0.508 e. The van der Waals surface area contributed by atoms with Gasteiger partial charge in [0, 0.05) is 56.6 Å². The molecular weight excluding hydrogens is 486 g/mol.